The SMILES string of the molecule is C[C@@H]1O[C@@H](O)[C@H](O)[C@H](O)[C@H]1O[C@H]1O[C@H](CO)[C@@H](O)[C@H](O[C@H]2O[C@H](C)[C@@H](O)C[C@@H]2O)[C@@H]1O[C@H]1O[C@H](CO)[C@H](O)[C@H](O)[C@H]1O[C@@H]1O[C@@H](C)[C@H](O[C@H]2O[C@H](CO)[C@@H](O)[C@H](O[C@H]3O[C@H](C)[C@@H](O)C[C@@H]3O)[C@@H]2O[C@H]2O[C@H](CO)[C@H](O)[C@H](O)[C@H]2O)[C@@H](O)[C@H]1O. The Morgan fingerprint density at radius 1 is 0.253 bits per heavy atom. The van der Waals surface area contributed by atoms with Crippen molar-refractivity contribution in [1.82, 2.24) is 0 Å². The summed E-state index contributed by atoms with van der Waals surface area (Å²) in [5.41, 5.74) is 0. The third kappa shape index (κ3) is 14.3. The normalized spacial score (nSPS) is 54.8. The molecule has 0 aliphatic carbocycles. The van der Waals surface area contributed by atoms with Crippen molar-refractivity contribution in [2.24, 2.45) is 0 Å². The van der Waals surface area contributed by atoms with Gasteiger partial charge in [-0.1, -0.05) is 0 Å². The van der Waals surface area contributed by atoms with Crippen molar-refractivity contribution in [2.45, 2.75) is 274 Å². The van der Waals surface area contributed by atoms with Crippen LogP contribution >= 0.6 is 0 Å². The van der Waals surface area contributed by atoms with Crippen molar-refractivity contribution in [1.29, 1.82) is 0 Å². The smallest absolute Gasteiger partial charge is 0.187 e. The van der Waals surface area contributed by atoms with Crippen molar-refractivity contribution in [3.63, 3.8) is 0 Å². The van der Waals surface area contributed by atoms with Gasteiger partial charge in [-0.3, -0.25) is 0 Å². The summed E-state index contributed by atoms with van der Waals surface area (Å²) in [6.45, 7) is 1.65. The van der Waals surface area contributed by atoms with Gasteiger partial charge in [0.25, 0.3) is 0 Å². The molecule has 8 fully saturated rings. The number of rotatable bonds is 18. The highest BCUT2D eigenvalue weighted by atomic mass is 16.8. The van der Waals surface area contributed by atoms with E-state index in [2.05, 4.69) is 0 Å². The van der Waals surface area contributed by atoms with E-state index < -0.39 is 260 Å². The maximum absolute atomic E-state index is 11.9. The van der Waals surface area contributed by atoms with Crippen LogP contribution in [0.5, 0.6) is 0 Å². The van der Waals surface area contributed by atoms with Gasteiger partial charge in [0.15, 0.2) is 50.3 Å². The fourth-order valence-electron chi connectivity index (χ4n) is 11.1. The lowest BCUT2D eigenvalue weighted by molar-refractivity contribution is -0.417. The van der Waals surface area contributed by atoms with Gasteiger partial charge in [-0.15, -0.1) is 0 Å². The largest absolute Gasteiger partial charge is 0.394 e. The Bertz CT molecular complexity index is 1990. The lowest BCUT2D eigenvalue weighted by Crippen LogP contribution is -2.69. The molecule has 35 nitrogen and oxygen atoms in total. The molecule has 38 atom stereocenters. The Labute approximate surface area is 472 Å². The van der Waals surface area contributed by atoms with E-state index in [1.54, 1.807) is 0 Å². The second-order valence-electron chi connectivity index (χ2n) is 22.1. The summed E-state index contributed by atoms with van der Waals surface area (Å²) in [5.74, 6) is 0. The van der Waals surface area contributed by atoms with Crippen molar-refractivity contribution in [3.05, 3.63) is 0 Å². The van der Waals surface area contributed by atoms with Gasteiger partial charge < -0.3 is 173 Å². The molecule has 8 heterocycles. The summed E-state index contributed by atoms with van der Waals surface area (Å²) < 4.78 is 89.0. The summed E-state index contributed by atoms with van der Waals surface area (Å²) in [6.07, 6.45) is -68.3. The molecule has 8 aliphatic rings. The van der Waals surface area contributed by atoms with Gasteiger partial charge in [-0.05, 0) is 27.7 Å². The number of ether oxygens (including phenoxy) is 15. The van der Waals surface area contributed by atoms with Gasteiger partial charge in [-0.25, -0.2) is 0 Å². The van der Waals surface area contributed by atoms with Crippen LogP contribution in [0.2, 0.25) is 0 Å². The van der Waals surface area contributed by atoms with Crippen LogP contribution in [0.15, 0.2) is 0 Å². The van der Waals surface area contributed by atoms with E-state index in [9.17, 15) is 102 Å². The topological polar surface area (TPSA) is 543 Å². The minimum atomic E-state index is -2.27. The molecule has 0 aromatic heterocycles. The zero-order valence-electron chi connectivity index (χ0n) is 45.2. The maximum Gasteiger partial charge on any atom is 0.187 e. The van der Waals surface area contributed by atoms with Crippen LogP contribution in [-0.4, -0.2) is 362 Å². The first-order valence-electron chi connectivity index (χ1n) is 27.4. The number of aliphatic hydroxyl groups excluding tert-OH is 20. The van der Waals surface area contributed by atoms with Crippen molar-refractivity contribution >= 4 is 0 Å². The molecule has 20 N–H and O–H groups in total. The Morgan fingerprint density at radius 3 is 1.01 bits per heavy atom. The third-order valence-corrected chi connectivity index (χ3v) is 16.3. The van der Waals surface area contributed by atoms with Gasteiger partial charge in [0.05, 0.1) is 63.1 Å². The summed E-state index contributed by atoms with van der Waals surface area (Å²) in [6, 6.07) is 0. The minimum Gasteiger partial charge on any atom is -0.394 e. The highest BCUT2D eigenvalue weighted by molar-refractivity contribution is 5.01. The summed E-state index contributed by atoms with van der Waals surface area (Å²) in [5, 5.41) is 218. The molecule has 484 valence electrons. The number of aliphatic hydroxyl groups is 20. The summed E-state index contributed by atoms with van der Waals surface area (Å²) >= 11 is 0. The molecule has 83 heavy (non-hydrogen) atoms. The monoisotopic (exact) mass is 1220 g/mol. The molecule has 0 radical (unpaired) electrons. The predicted molar refractivity (Wildman–Crippen MR) is 256 cm³/mol. The van der Waals surface area contributed by atoms with E-state index in [1.165, 1.54) is 27.7 Å². The Kier molecular flexibility index (Phi) is 23.3. The second kappa shape index (κ2) is 28.6. The van der Waals surface area contributed by atoms with Crippen LogP contribution in [-0.2, 0) is 71.1 Å². The van der Waals surface area contributed by atoms with E-state index in [0.29, 0.717) is 0 Å². The fraction of sp³-hybridized carbons (Fsp3) is 1.00. The molecule has 0 unspecified atom stereocenters. The van der Waals surface area contributed by atoms with Crippen molar-refractivity contribution in [3.8, 4) is 0 Å². The molecule has 35 heteroatoms. The van der Waals surface area contributed by atoms with Gasteiger partial charge >= 0.3 is 0 Å². The van der Waals surface area contributed by atoms with Crippen LogP contribution in [0, 0.1) is 0 Å². The Hall–Kier alpha value is -1.40. The first-order chi connectivity index (χ1) is 39.2. The maximum atomic E-state index is 11.9. The molecule has 0 aromatic rings. The number of hydrogen-bond donors (Lipinski definition) is 20. The molecular formula is C48H82O35. The Balaban J connectivity index is 1.07. The third-order valence-electron chi connectivity index (χ3n) is 16.3. The zero-order valence-corrected chi connectivity index (χ0v) is 45.2. The highest BCUT2D eigenvalue weighted by Crippen LogP contribution is 2.40. The highest BCUT2D eigenvalue weighted by Gasteiger charge is 2.59. The van der Waals surface area contributed by atoms with Gasteiger partial charge in [0.2, 0.25) is 0 Å². The standard InChI is InChI=1S/C48H82O35/c1-11-15(53)5-17(55)42(70-11)79-36-25(59)21(9-51)75-47(39(36)82-45-32(66)27(61)23(57)19(7-49)73-45)78-35-14(4)72-44(33(67)30(35)64)81-38-28(62)24(58)20(8-50)74-46(38)83-40-37(80-43-18(56)6-16(54)12(2)71-43)26(60)22(10-52)76-48(40)77-34-13(3)69-41(68)31(65)29(34)63/h11-68H,5-10H2,1-4H3/t11-,12-,13+,14+,15+,16+,17+,18+,19-,20-,21-,22-,23+,24+,25-,26-,27+,28+,29+,30+,31-,32-,33-,34+,35+,36+,37+,38-,39+,40+,41-,42-,43-,44+,45-,46-,47-,48-/m1/s1. The molecule has 0 bridgehead atoms. The minimum absolute atomic E-state index is 0.284. The van der Waals surface area contributed by atoms with E-state index in [-0.39, 0.29) is 12.8 Å². The average molecular weight is 1220 g/mol. The van der Waals surface area contributed by atoms with E-state index in [4.69, 9.17) is 71.1 Å². The van der Waals surface area contributed by atoms with Gasteiger partial charge in [0.1, 0.15) is 146 Å². The number of hydrogen-bond acceptors (Lipinski definition) is 35. The van der Waals surface area contributed by atoms with E-state index in [0.717, 1.165) is 0 Å². The van der Waals surface area contributed by atoms with Crippen LogP contribution in [0.25, 0.3) is 0 Å². The van der Waals surface area contributed by atoms with Crippen molar-refractivity contribution in [2.75, 3.05) is 26.4 Å². The molecule has 0 spiro atoms. The Morgan fingerprint density at radius 2 is 0.554 bits per heavy atom. The summed E-state index contributed by atoms with van der Waals surface area (Å²) in [7, 11) is 0. The van der Waals surface area contributed by atoms with Crippen LogP contribution in [0.1, 0.15) is 40.5 Å². The predicted octanol–water partition coefficient (Wildman–Crippen LogP) is -12.3. The van der Waals surface area contributed by atoms with Crippen LogP contribution in [0.3, 0.4) is 0 Å². The fourth-order valence-corrected chi connectivity index (χ4v) is 11.1. The van der Waals surface area contributed by atoms with Gasteiger partial charge in [0, 0.05) is 12.8 Å². The molecule has 8 aliphatic heterocycles. The molecule has 0 amide bonds. The average Bonchev–Trinajstić information content (AvgIpc) is 3.09. The molecule has 8 saturated heterocycles. The van der Waals surface area contributed by atoms with Crippen LogP contribution < -0.4 is 0 Å². The quantitative estimate of drug-likeness (QED) is 0.0606. The van der Waals surface area contributed by atoms with Gasteiger partial charge in [-0.2, -0.15) is 0 Å². The van der Waals surface area contributed by atoms with E-state index >= 15 is 0 Å². The molecule has 0 saturated carbocycles. The van der Waals surface area contributed by atoms with E-state index in [1.807, 2.05) is 0 Å². The summed E-state index contributed by atoms with van der Waals surface area (Å²) in [4.78, 5) is 0. The van der Waals surface area contributed by atoms with Crippen LogP contribution in [0.4, 0.5) is 0 Å². The zero-order chi connectivity index (χ0) is 60.8. The molecule has 0 aromatic carbocycles. The lowest BCUT2D eigenvalue weighted by Gasteiger charge is -2.51. The lowest BCUT2D eigenvalue weighted by atomic mass is 9.95. The van der Waals surface area contributed by atoms with Crippen molar-refractivity contribution < 1.29 is 173 Å². The second-order valence-corrected chi connectivity index (χ2v) is 22.1. The first-order valence-corrected chi connectivity index (χ1v) is 27.4. The molecule has 8 rings (SSSR count). The first kappa shape index (κ1) is 67.5. The molecular weight excluding hydrogens is 1140 g/mol.